The summed E-state index contributed by atoms with van der Waals surface area (Å²) in [6, 6.07) is 8.44. The predicted octanol–water partition coefficient (Wildman–Crippen LogP) is 1.74. The van der Waals surface area contributed by atoms with Gasteiger partial charge in [-0.2, -0.15) is 19.9 Å². The van der Waals surface area contributed by atoms with Crippen LogP contribution in [0, 0.1) is 18.3 Å². The van der Waals surface area contributed by atoms with Crippen molar-refractivity contribution in [2.45, 2.75) is 17.0 Å². The van der Waals surface area contributed by atoms with Crippen LogP contribution in [0.4, 0.5) is 5.95 Å². The Kier molecular flexibility index (Phi) is 3.59. The van der Waals surface area contributed by atoms with Gasteiger partial charge in [-0.15, -0.1) is 0 Å². The number of benzene rings is 1. The summed E-state index contributed by atoms with van der Waals surface area (Å²) in [5.41, 5.74) is 7.21. The lowest BCUT2D eigenvalue weighted by Gasteiger charge is -2.04. The third kappa shape index (κ3) is 2.67. The number of carboxylic acid groups (broad SMARTS) is 1. The highest BCUT2D eigenvalue weighted by atomic mass is 32.2. The molecule has 0 atom stereocenters. The number of anilines is 1. The summed E-state index contributed by atoms with van der Waals surface area (Å²) in [6.07, 6.45) is 0. The van der Waals surface area contributed by atoms with E-state index in [-0.39, 0.29) is 11.5 Å². The Morgan fingerprint density at radius 3 is 2.91 bits per heavy atom. The highest BCUT2D eigenvalue weighted by molar-refractivity contribution is 7.99. The molecule has 0 spiro atoms. The average molecular weight is 326 g/mol. The van der Waals surface area contributed by atoms with Crippen LogP contribution in [0.2, 0.25) is 0 Å². The van der Waals surface area contributed by atoms with Crippen molar-refractivity contribution >= 4 is 29.3 Å². The van der Waals surface area contributed by atoms with Crippen molar-refractivity contribution in [3.05, 3.63) is 41.1 Å². The Bertz CT molecular complexity index is 975. The first-order valence-corrected chi connectivity index (χ1v) is 7.25. The number of rotatable bonds is 3. The number of carboxylic acids is 1. The molecule has 0 bridgehead atoms. The number of nitrogens with two attached hydrogens (primary N) is 1. The number of hydrogen-bond donors (Lipinski definition) is 2. The van der Waals surface area contributed by atoms with Gasteiger partial charge in [-0.3, -0.25) is 0 Å². The molecular weight excluding hydrogens is 316 g/mol. The monoisotopic (exact) mass is 326 g/mol. The Hall–Kier alpha value is -3.12. The van der Waals surface area contributed by atoms with Gasteiger partial charge in [0.1, 0.15) is 11.6 Å². The predicted molar refractivity (Wildman–Crippen MR) is 82.2 cm³/mol. The van der Waals surface area contributed by atoms with Gasteiger partial charge in [0.15, 0.2) is 10.8 Å². The van der Waals surface area contributed by atoms with E-state index in [0.29, 0.717) is 27.0 Å². The third-order valence-corrected chi connectivity index (χ3v) is 3.92. The van der Waals surface area contributed by atoms with Crippen LogP contribution in [0.25, 0.3) is 5.65 Å². The molecule has 114 valence electrons. The van der Waals surface area contributed by atoms with Crippen molar-refractivity contribution in [3.63, 3.8) is 0 Å². The minimum absolute atomic E-state index is 0.108. The molecule has 1 aromatic carbocycles. The zero-order chi connectivity index (χ0) is 16.6. The number of aryl methyl sites for hydroxylation is 1. The van der Waals surface area contributed by atoms with E-state index in [1.165, 1.54) is 16.6 Å². The number of fused-ring (bicyclic) bond motifs is 1. The van der Waals surface area contributed by atoms with Crippen molar-refractivity contribution < 1.29 is 9.90 Å². The fourth-order valence-electron chi connectivity index (χ4n) is 2.01. The summed E-state index contributed by atoms with van der Waals surface area (Å²) in [5, 5.41) is 22.7. The van der Waals surface area contributed by atoms with Gasteiger partial charge in [0.2, 0.25) is 5.95 Å². The first kappa shape index (κ1) is 14.8. The van der Waals surface area contributed by atoms with Crippen LogP contribution in [0.15, 0.2) is 34.3 Å². The molecule has 0 radical (unpaired) electrons. The fraction of sp³-hybridized carbons (Fsp3) is 0.0714. The van der Waals surface area contributed by atoms with E-state index in [4.69, 9.17) is 10.8 Å². The van der Waals surface area contributed by atoms with E-state index in [2.05, 4.69) is 15.1 Å². The maximum Gasteiger partial charge on any atom is 0.335 e. The number of hydrogen-bond acceptors (Lipinski definition) is 7. The number of nitrogen functional groups attached to an aromatic ring is 1. The molecule has 3 N–H and O–H groups in total. The molecule has 2 aromatic heterocycles. The molecule has 3 aromatic rings. The van der Waals surface area contributed by atoms with E-state index >= 15 is 0 Å². The number of aromatic nitrogens is 4. The smallest absolute Gasteiger partial charge is 0.335 e. The van der Waals surface area contributed by atoms with Crippen molar-refractivity contribution in [1.29, 1.82) is 5.26 Å². The molecule has 0 saturated carbocycles. The minimum atomic E-state index is -1.01. The molecule has 9 heteroatoms. The Balaban J connectivity index is 2.06. The van der Waals surface area contributed by atoms with E-state index in [9.17, 15) is 10.1 Å². The van der Waals surface area contributed by atoms with Crippen molar-refractivity contribution in [2.24, 2.45) is 0 Å². The number of nitriles is 1. The van der Waals surface area contributed by atoms with Crippen LogP contribution >= 0.6 is 11.8 Å². The lowest BCUT2D eigenvalue weighted by atomic mass is 10.2. The first-order valence-electron chi connectivity index (χ1n) is 6.43. The van der Waals surface area contributed by atoms with Crippen LogP contribution in [0.1, 0.15) is 21.6 Å². The fourth-order valence-corrected chi connectivity index (χ4v) is 2.83. The number of carbonyl (C=O) groups is 1. The summed E-state index contributed by atoms with van der Waals surface area (Å²) in [4.78, 5) is 20.1. The molecule has 0 saturated heterocycles. The summed E-state index contributed by atoms with van der Waals surface area (Å²) >= 11 is 1.16. The zero-order valence-electron chi connectivity index (χ0n) is 11.9. The molecule has 8 nitrogen and oxygen atoms in total. The van der Waals surface area contributed by atoms with E-state index in [0.717, 1.165) is 11.8 Å². The van der Waals surface area contributed by atoms with Gasteiger partial charge in [-0.25, -0.2) is 9.78 Å². The van der Waals surface area contributed by atoms with E-state index < -0.39 is 5.97 Å². The second-order valence-electron chi connectivity index (χ2n) is 4.61. The molecule has 0 fully saturated rings. The third-order valence-electron chi connectivity index (χ3n) is 3.07. The van der Waals surface area contributed by atoms with Gasteiger partial charge < -0.3 is 10.8 Å². The molecule has 0 aliphatic heterocycles. The Labute approximate surface area is 134 Å². The van der Waals surface area contributed by atoms with Crippen molar-refractivity contribution in [3.8, 4) is 6.07 Å². The summed E-state index contributed by atoms with van der Waals surface area (Å²) < 4.78 is 1.31. The van der Waals surface area contributed by atoms with Crippen LogP contribution in [-0.2, 0) is 0 Å². The zero-order valence-corrected chi connectivity index (χ0v) is 12.7. The maximum absolute atomic E-state index is 11.0. The Morgan fingerprint density at radius 2 is 2.22 bits per heavy atom. The standard InChI is InChI=1S/C14H10N6O2S/c1-7-10(6-15)11-17-14(18-13(16)20(11)19-7)23-9-4-2-3-8(5-9)12(21)22/h2-5H,1H3,(H,21,22)(H2,16,17,18). The van der Waals surface area contributed by atoms with E-state index in [1.807, 2.05) is 6.07 Å². The SMILES string of the molecule is Cc1nn2c(N)nc(Sc3cccc(C(=O)O)c3)nc2c1C#N. The molecule has 0 aliphatic rings. The highest BCUT2D eigenvalue weighted by Gasteiger charge is 2.15. The summed E-state index contributed by atoms with van der Waals surface area (Å²) in [6.45, 7) is 1.69. The number of nitrogens with zero attached hydrogens (tertiary/aromatic N) is 5. The van der Waals surface area contributed by atoms with Crippen LogP contribution < -0.4 is 5.73 Å². The van der Waals surface area contributed by atoms with Gasteiger partial charge in [0.25, 0.3) is 0 Å². The van der Waals surface area contributed by atoms with Gasteiger partial charge in [-0.05, 0) is 36.9 Å². The highest BCUT2D eigenvalue weighted by Crippen LogP contribution is 2.27. The topological polar surface area (TPSA) is 130 Å². The minimum Gasteiger partial charge on any atom is -0.478 e. The van der Waals surface area contributed by atoms with Gasteiger partial charge in [0.05, 0.1) is 11.3 Å². The number of aromatic carboxylic acids is 1. The molecule has 0 amide bonds. The van der Waals surface area contributed by atoms with Crippen LogP contribution in [0.3, 0.4) is 0 Å². The summed E-state index contributed by atoms with van der Waals surface area (Å²) in [7, 11) is 0. The lowest BCUT2D eigenvalue weighted by molar-refractivity contribution is 0.0696. The molecule has 0 unspecified atom stereocenters. The largest absolute Gasteiger partial charge is 0.478 e. The van der Waals surface area contributed by atoms with Crippen molar-refractivity contribution in [2.75, 3.05) is 5.73 Å². The summed E-state index contributed by atoms with van der Waals surface area (Å²) in [5.74, 6) is -0.905. The van der Waals surface area contributed by atoms with Crippen molar-refractivity contribution in [1.82, 2.24) is 19.6 Å². The first-order chi connectivity index (χ1) is 11.0. The molecule has 23 heavy (non-hydrogen) atoms. The van der Waals surface area contributed by atoms with Gasteiger partial charge >= 0.3 is 5.97 Å². The normalized spacial score (nSPS) is 10.6. The second-order valence-corrected chi connectivity index (χ2v) is 5.65. The molecule has 2 heterocycles. The molecule has 0 aliphatic carbocycles. The van der Waals surface area contributed by atoms with Gasteiger partial charge in [-0.1, -0.05) is 6.07 Å². The van der Waals surface area contributed by atoms with E-state index in [1.54, 1.807) is 19.1 Å². The molecular formula is C14H10N6O2S. The lowest BCUT2D eigenvalue weighted by Crippen LogP contribution is -2.05. The quantitative estimate of drug-likeness (QED) is 0.744. The second kappa shape index (κ2) is 5.58. The van der Waals surface area contributed by atoms with Crippen LogP contribution in [0.5, 0.6) is 0 Å². The average Bonchev–Trinajstić information content (AvgIpc) is 2.83. The Morgan fingerprint density at radius 1 is 1.43 bits per heavy atom. The molecule has 3 rings (SSSR count). The maximum atomic E-state index is 11.0. The van der Waals surface area contributed by atoms with Gasteiger partial charge in [0, 0.05) is 4.90 Å². The van der Waals surface area contributed by atoms with Crippen LogP contribution in [-0.4, -0.2) is 30.7 Å².